The highest BCUT2D eigenvalue weighted by Crippen LogP contribution is 2.39. The van der Waals surface area contributed by atoms with E-state index >= 15 is 0 Å². The molecule has 1 aromatic rings. The van der Waals surface area contributed by atoms with E-state index in [-0.39, 0.29) is 11.2 Å². The summed E-state index contributed by atoms with van der Waals surface area (Å²) in [6.45, 7) is 5.92. The van der Waals surface area contributed by atoms with E-state index < -0.39 is 0 Å². The first-order chi connectivity index (χ1) is 8.56. The van der Waals surface area contributed by atoms with Crippen LogP contribution in [0.1, 0.15) is 18.9 Å². The maximum absolute atomic E-state index is 13.4. The van der Waals surface area contributed by atoms with E-state index in [0.29, 0.717) is 11.8 Å². The van der Waals surface area contributed by atoms with Crippen LogP contribution in [0.3, 0.4) is 0 Å². The normalized spacial score (nSPS) is 19.3. The molecular formula is C12H12Br2FN2S. The van der Waals surface area contributed by atoms with E-state index in [1.54, 1.807) is 11.8 Å². The second kappa shape index (κ2) is 5.92. The molecule has 0 saturated carbocycles. The second-order valence-corrected chi connectivity index (χ2v) is 6.64. The topological polar surface area (TPSA) is 15.6 Å². The van der Waals surface area contributed by atoms with E-state index in [0.717, 1.165) is 20.8 Å². The third kappa shape index (κ3) is 2.75. The van der Waals surface area contributed by atoms with Crippen LogP contribution >= 0.6 is 43.6 Å². The van der Waals surface area contributed by atoms with Crippen molar-refractivity contribution >= 4 is 54.4 Å². The van der Waals surface area contributed by atoms with Gasteiger partial charge >= 0.3 is 0 Å². The van der Waals surface area contributed by atoms with Crippen LogP contribution < -0.4 is 5.01 Å². The number of halogens is 3. The Morgan fingerprint density at radius 2 is 2.28 bits per heavy atom. The summed E-state index contributed by atoms with van der Waals surface area (Å²) in [7, 11) is 0. The number of nitrogens with zero attached hydrogens (tertiary/aromatic N) is 2. The zero-order chi connectivity index (χ0) is 13.3. The molecule has 0 spiro atoms. The summed E-state index contributed by atoms with van der Waals surface area (Å²) in [6.07, 6.45) is 0.675. The van der Waals surface area contributed by atoms with Gasteiger partial charge in [-0.25, -0.2) is 4.39 Å². The lowest BCUT2D eigenvalue weighted by molar-refractivity contribution is 0.625. The molecule has 1 aliphatic rings. The SMILES string of the molecule is [CH2]CC1=NN(c2c(Br)cc(F)cc2CBr)C(C)S1. The minimum absolute atomic E-state index is 0.196. The van der Waals surface area contributed by atoms with E-state index in [1.807, 2.05) is 5.01 Å². The highest BCUT2D eigenvalue weighted by Gasteiger charge is 2.27. The Hall–Kier alpha value is -0.0700. The summed E-state index contributed by atoms with van der Waals surface area (Å²) in [5, 5.41) is 8.24. The molecular weight excluding hydrogens is 383 g/mol. The first-order valence-corrected chi connectivity index (χ1v) is 8.22. The molecule has 0 saturated heterocycles. The first-order valence-electron chi connectivity index (χ1n) is 5.43. The predicted octanol–water partition coefficient (Wildman–Crippen LogP) is 4.92. The minimum Gasteiger partial charge on any atom is -0.250 e. The van der Waals surface area contributed by atoms with Gasteiger partial charge in [0.15, 0.2) is 0 Å². The number of alkyl halides is 1. The number of anilines is 1. The van der Waals surface area contributed by atoms with Crippen molar-refractivity contribution in [1.82, 2.24) is 0 Å². The molecule has 0 amide bonds. The Morgan fingerprint density at radius 1 is 1.56 bits per heavy atom. The van der Waals surface area contributed by atoms with Gasteiger partial charge in [-0.05, 0) is 53.9 Å². The largest absolute Gasteiger partial charge is 0.250 e. The maximum atomic E-state index is 13.4. The lowest BCUT2D eigenvalue weighted by atomic mass is 10.2. The molecule has 2 nitrogen and oxygen atoms in total. The molecule has 0 aliphatic carbocycles. The molecule has 18 heavy (non-hydrogen) atoms. The van der Waals surface area contributed by atoms with Crippen LogP contribution in [0.2, 0.25) is 0 Å². The molecule has 0 bridgehead atoms. The second-order valence-electron chi connectivity index (χ2n) is 3.83. The molecule has 1 atom stereocenters. The summed E-state index contributed by atoms with van der Waals surface area (Å²) >= 11 is 8.50. The van der Waals surface area contributed by atoms with Gasteiger partial charge in [0.05, 0.1) is 10.7 Å². The van der Waals surface area contributed by atoms with Gasteiger partial charge in [0.1, 0.15) is 11.2 Å². The molecule has 97 valence electrons. The molecule has 2 rings (SSSR count). The molecule has 0 fully saturated rings. The standard InChI is InChI=1S/C12H12Br2FN2S/c1-3-11-16-17(7(2)18-11)12-8(6-13)4-9(15)5-10(12)14/h4-5,7H,1,3,6H2,2H3. The Labute approximate surface area is 127 Å². The van der Waals surface area contributed by atoms with Crippen molar-refractivity contribution in [2.75, 3.05) is 5.01 Å². The van der Waals surface area contributed by atoms with Gasteiger partial charge in [-0.3, -0.25) is 5.01 Å². The van der Waals surface area contributed by atoms with Crippen LogP contribution in [-0.2, 0) is 5.33 Å². The van der Waals surface area contributed by atoms with Gasteiger partial charge in [-0.1, -0.05) is 27.7 Å². The fourth-order valence-corrected chi connectivity index (χ4v) is 3.77. The van der Waals surface area contributed by atoms with Crippen LogP contribution in [0.15, 0.2) is 21.7 Å². The van der Waals surface area contributed by atoms with Crippen LogP contribution in [0.25, 0.3) is 0 Å². The van der Waals surface area contributed by atoms with Gasteiger partial charge < -0.3 is 0 Å². The summed E-state index contributed by atoms with van der Waals surface area (Å²) in [4.78, 5) is 0. The van der Waals surface area contributed by atoms with Crippen molar-refractivity contribution in [1.29, 1.82) is 0 Å². The molecule has 6 heteroatoms. The predicted molar refractivity (Wildman–Crippen MR) is 83.7 cm³/mol. The van der Waals surface area contributed by atoms with E-state index in [2.05, 4.69) is 50.8 Å². The van der Waals surface area contributed by atoms with Crippen LogP contribution in [-0.4, -0.2) is 10.4 Å². The molecule has 1 aliphatic heterocycles. The van der Waals surface area contributed by atoms with Gasteiger partial charge in [0.2, 0.25) is 0 Å². The maximum Gasteiger partial charge on any atom is 0.124 e. The lowest BCUT2D eigenvalue weighted by Gasteiger charge is -2.23. The highest BCUT2D eigenvalue weighted by molar-refractivity contribution is 9.10. The fraction of sp³-hybridized carbons (Fsp3) is 0.333. The third-order valence-electron chi connectivity index (χ3n) is 2.56. The zero-order valence-corrected chi connectivity index (χ0v) is 13.8. The van der Waals surface area contributed by atoms with Crippen molar-refractivity contribution in [2.24, 2.45) is 5.10 Å². The fourth-order valence-electron chi connectivity index (χ4n) is 1.79. The zero-order valence-electron chi connectivity index (χ0n) is 9.79. The molecule has 1 aromatic carbocycles. The van der Waals surface area contributed by atoms with E-state index in [4.69, 9.17) is 0 Å². The summed E-state index contributed by atoms with van der Waals surface area (Å²) in [5.74, 6) is -0.249. The Kier molecular flexibility index (Phi) is 4.72. The average molecular weight is 395 g/mol. The molecule has 1 radical (unpaired) electrons. The van der Waals surface area contributed by atoms with Gasteiger partial charge in [-0.2, -0.15) is 5.10 Å². The number of benzene rings is 1. The lowest BCUT2D eigenvalue weighted by Crippen LogP contribution is -2.22. The van der Waals surface area contributed by atoms with Gasteiger partial charge in [-0.15, -0.1) is 0 Å². The molecule has 1 heterocycles. The van der Waals surface area contributed by atoms with Crippen LogP contribution in [0.4, 0.5) is 10.1 Å². The van der Waals surface area contributed by atoms with Crippen LogP contribution in [0.5, 0.6) is 0 Å². The van der Waals surface area contributed by atoms with Crippen molar-refractivity contribution in [3.05, 3.63) is 34.9 Å². The van der Waals surface area contributed by atoms with Crippen molar-refractivity contribution in [2.45, 2.75) is 24.0 Å². The van der Waals surface area contributed by atoms with E-state index in [1.165, 1.54) is 12.1 Å². The van der Waals surface area contributed by atoms with Gasteiger partial charge in [0.25, 0.3) is 0 Å². The Balaban J connectivity index is 2.48. The van der Waals surface area contributed by atoms with Crippen molar-refractivity contribution in [3.8, 4) is 0 Å². The number of thioether (sulfide) groups is 1. The van der Waals surface area contributed by atoms with Crippen molar-refractivity contribution < 1.29 is 4.39 Å². The number of hydrazone groups is 1. The number of rotatable bonds is 3. The third-order valence-corrected chi connectivity index (χ3v) is 4.87. The quantitative estimate of drug-likeness (QED) is 0.676. The smallest absolute Gasteiger partial charge is 0.124 e. The number of hydrogen-bond donors (Lipinski definition) is 0. The van der Waals surface area contributed by atoms with Crippen molar-refractivity contribution in [3.63, 3.8) is 0 Å². The monoisotopic (exact) mass is 393 g/mol. The average Bonchev–Trinajstić information content (AvgIpc) is 2.69. The highest BCUT2D eigenvalue weighted by atomic mass is 79.9. The molecule has 0 N–H and O–H groups in total. The first kappa shape index (κ1) is 14.3. The summed E-state index contributed by atoms with van der Waals surface area (Å²) in [5.41, 5.74) is 1.79. The van der Waals surface area contributed by atoms with Crippen LogP contribution in [0, 0.1) is 12.7 Å². The Bertz CT molecular complexity index is 493. The molecule has 0 aromatic heterocycles. The van der Waals surface area contributed by atoms with E-state index in [9.17, 15) is 4.39 Å². The summed E-state index contributed by atoms with van der Waals surface area (Å²) < 4.78 is 14.1. The molecule has 1 unspecified atom stereocenters. The van der Waals surface area contributed by atoms with Gasteiger partial charge in [0, 0.05) is 9.80 Å². The summed E-state index contributed by atoms with van der Waals surface area (Å²) in [6, 6.07) is 3.00. The number of hydrogen-bond acceptors (Lipinski definition) is 3. The Morgan fingerprint density at radius 3 is 2.83 bits per heavy atom. The minimum atomic E-state index is -0.249.